The summed E-state index contributed by atoms with van der Waals surface area (Å²) in [5.74, 6) is -0.370. The van der Waals surface area contributed by atoms with Crippen molar-refractivity contribution in [3.05, 3.63) is 177 Å². The van der Waals surface area contributed by atoms with Crippen molar-refractivity contribution in [2.45, 2.75) is 230 Å². The number of aliphatic hydroxyl groups excluding tert-OH is 1. The maximum atomic E-state index is 13.8. The lowest BCUT2D eigenvalue weighted by Gasteiger charge is -2.33. The van der Waals surface area contributed by atoms with Crippen molar-refractivity contribution in [2.75, 3.05) is 13.1 Å². The monoisotopic (exact) mass is 1830 g/mol. The third-order valence-electron chi connectivity index (χ3n) is 17.2. The van der Waals surface area contributed by atoms with Crippen LogP contribution < -0.4 is 10.2 Å². The molecule has 3 aromatic heterocycles. The van der Waals surface area contributed by atoms with Crippen LogP contribution in [0.15, 0.2) is 132 Å². The van der Waals surface area contributed by atoms with E-state index < -0.39 is 59.2 Å². The number of aromatic amines is 1. The summed E-state index contributed by atoms with van der Waals surface area (Å²) in [5.41, 5.74) is 4.34. The number of carbonyl (C=O) groups is 4. The Balaban J connectivity index is 0.000000210. The van der Waals surface area contributed by atoms with E-state index in [2.05, 4.69) is 148 Å². The molecule has 2 saturated heterocycles. The largest absolute Gasteiger partial charge is 0.494 e. The van der Waals surface area contributed by atoms with Gasteiger partial charge >= 0.3 is 25.4 Å². The fourth-order valence-electron chi connectivity index (χ4n) is 10.9. The molecule has 0 radical (unpaired) electrons. The first-order valence-electron chi connectivity index (χ1n) is 36.3. The van der Waals surface area contributed by atoms with Gasteiger partial charge in [-0.2, -0.15) is 24.7 Å². The second kappa shape index (κ2) is 38.4. The van der Waals surface area contributed by atoms with Crippen molar-refractivity contribution < 1.29 is 65.7 Å². The quantitative estimate of drug-likeness (QED) is 0.0741. The number of aliphatic hydroxyl groups is 1. The maximum absolute atomic E-state index is 13.8. The maximum Gasteiger partial charge on any atom is 0.494 e. The van der Waals surface area contributed by atoms with Gasteiger partial charge in [0, 0.05) is 81.6 Å². The number of Topliss-reactive ketones (excluding diaryl/α,β-unsaturated/α-hetero) is 1. The highest BCUT2D eigenvalue weighted by Gasteiger charge is 2.52. The van der Waals surface area contributed by atoms with Crippen LogP contribution in [0.1, 0.15) is 229 Å². The molecule has 2 fully saturated rings. The molecular formula is C82H104BBr5F3N7O11. The molecule has 2 N–H and O–H groups in total. The lowest BCUT2D eigenvalue weighted by molar-refractivity contribution is 0.00578. The number of nitrogens with zero attached hydrogens (tertiary/aromatic N) is 6. The smallest absolute Gasteiger partial charge is 0.487 e. The number of halogens is 8. The van der Waals surface area contributed by atoms with Gasteiger partial charge in [0.2, 0.25) is 0 Å². The lowest BCUT2D eigenvalue weighted by atomic mass is 9.78. The van der Waals surface area contributed by atoms with E-state index in [0.29, 0.717) is 56.3 Å². The van der Waals surface area contributed by atoms with Gasteiger partial charge in [0.25, 0.3) is 0 Å². The number of likely N-dealkylation sites (tertiary alicyclic amines) is 1. The van der Waals surface area contributed by atoms with Crippen LogP contribution in [-0.4, -0.2) is 118 Å². The molecule has 11 rings (SSSR count). The fourth-order valence-corrected chi connectivity index (χ4v) is 12.6. The molecule has 592 valence electrons. The topological polar surface area (TPSA) is 211 Å². The van der Waals surface area contributed by atoms with Gasteiger partial charge in [0.1, 0.15) is 34.5 Å². The van der Waals surface area contributed by atoms with Gasteiger partial charge in [-0.3, -0.25) is 9.89 Å². The highest BCUT2D eigenvalue weighted by atomic mass is 79.9. The van der Waals surface area contributed by atoms with E-state index in [1.807, 2.05) is 152 Å². The summed E-state index contributed by atoms with van der Waals surface area (Å²) >= 11 is 16.4. The zero-order valence-electron chi connectivity index (χ0n) is 66.6. The second-order valence-corrected chi connectivity index (χ2v) is 36.8. The average molecular weight is 1830 g/mol. The number of rotatable bonds is 10. The molecule has 0 saturated carbocycles. The van der Waals surface area contributed by atoms with E-state index in [1.165, 1.54) is 44.7 Å². The van der Waals surface area contributed by atoms with E-state index in [1.54, 1.807) is 49.1 Å². The predicted molar refractivity (Wildman–Crippen MR) is 445 cm³/mol. The summed E-state index contributed by atoms with van der Waals surface area (Å²) in [4.78, 5) is 50.1. The van der Waals surface area contributed by atoms with Gasteiger partial charge in [-0.25, -0.2) is 27.6 Å². The molecule has 5 heterocycles. The third kappa shape index (κ3) is 26.0. The molecule has 2 aliphatic rings. The number of piperidine rings is 1. The molecule has 0 aliphatic carbocycles. The predicted octanol–water partition coefficient (Wildman–Crippen LogP) is 23.5. The van der Waals surface area contributed by atoms with E-state index in [9.17, 15) is 37.5 Å². The highest BCUT2D eigenvalue weighted by molar-refractivity contribution is 9.11. The number of aromatic nitrogens is 6. The summed E-state index contributed by atoms with van der Waals surface area (Å²) in [6.45, 7) is 45.6. The number of carbonyl (C=O) groups excluding carboxylic acids is 4. The van der Waals surface area contributed by atoms with E-state index in [4.69, 9.17) is 28.3 Å². The van der Waals surface area contributed by atoms with Crippen LogP contribution in [-0.2, 0) is 23.5 Å². The first kappa shape index (κ1) is 91.4. The van der Waals surface area contributed by atoms with Gasteiger partial charge in [-0.05, 0) is 210 Å². The van der Waals surface area contributed by atoms with Crippen LogP contribution in [0, 0.1) is 29.3 Å². The third-order valence-corrected chi connectivity index (χ3v) is 19.7. The number of nitrogens with one attached hydrogen (secondary N) is 1. The summed E-state index contributed by atoms with van der Waals surface area (Å²) in [6.07, 6.45) is -0.741. The van der Waals surface area contributed by atoms with Gasteiger partial charge < -0.3 is 38.3 Å². The summed E-state index contributed by atoms with van der Waals surface area (Å²) in [7, 11) is -0.501. The molecule has 0 bridgehead atoms. The Morgan fingerprint density at radius 3 is 1.41 bits per heavy atom. The van der Waals surface area contributed by atoms with Crippen LogP contribution in [0.4, 0.5) is 27.6 Å². The molecule has 1 unspecified atom stereocenters. The van der Waals surface area contributed by atoms with Crippen molar-refractivity contribution in [3.63, 3.8) is 0 Å². The van der Waals surface area contributed by atoms with Crippen LogP contribution in [0.25, 0.3) is 32.7 Å². The van der Waals surface area contributed by atoms with Gasteiger partial charge in [0.15, 0.2) is 17.3 Å². The minimum absolute atomic E-state index is 0.0238. The summed E-state index contributed by atoms with van der Waals surface area (Å²) < 4.78 is 81.3. The number of amides is 1. The van der Waals surface area contributed by atoms with Gasteiger partial charge in [-0.1, -0.05) is 167 Å². The zero-order valence-corrected chi connectivity index (χ0v) is 74.5. The highest BCUT2D eigenvalue weighted by Crippen LogP contribution is 2.38. The molecule has 18 nitrogen and oxygen atoms in total. The van der Waals surface area contributed by atoms with Crippen LogP contribution in [0.5, 0.6) is 5.75 Å². The molecule has 9 aromatic rings. The SMILES string of the molecule is CC(C)(C)OC(=O)N1CCC(Oc2ccc(Br)cc2F)CC1.CC(C)C(=O)c1ccc(Br)cc1F.CC(C)C(O)c1ccc(Br)cc1F.CC(C)c1[nH]nc2cc(Br)ccc12.CC(C)c1nn(C(=O)OC(C)(C)C)c2cc(B3OC(C)(C)C(C)(C)O3)ccc12.CC(C)c1nn(C(=O)OC(C)(C)C)c2cc(Br)ccc12. The molecule has 0 spiro atoms. The number of benzene rings is 6. The van der Waals surface area contributed by atoms with Crippen LogP contribution in [0.2, 0.25) is 0 Å². The van der Waals surface area contributed by atoms with Gasteiger partial charge in [-0.15, -0.1) is 0 Å². The standard InChI is InChI=1S/C21H31BN2O4.C16H21BrFNO3.C15H19BrN2O2.C10H12BrFO.C10H10BrFO.C10H11BrN2/c1-13(2)17-15-11-10-14(22-27-20(6,7)21(8,9)28-22)12-16(15)24(23-17)18(25)26-19(3,4)5;1-16(2,3)22-15(20)19-8-6-12(7-9-19)21-14-5-4-11(17)10-13(14)18;1-9(2)13-11-7-6-10(16)8-12(11)18(17-13)14(19)20-15(3,4)5;2*1-6(2)10(13)8-4-3-7(11)5-9(8)12;1-6(2)10-8-4-3-7(11)5-9(8)12-13-10/h10-13H,1-9H3;4-5,10,12H,6-9H2,1-3H3;6-9H,1-5H3;3-6,10,13H,1-2H3;3-6H,1-2H3;3-6H,1-2H3,(H,12,13). The first-order valence-corrected chi connectivity index (χ1v) is 40.2. The Kier molecular flexibility index (Phi) is 32.2. The van der Waals surface area contributed by atoms with Crippen molar-refractivity contribution in [1.82, 2.24) is 34.7 Å². The average Bonchev–Trinajstić information content (AvgIpc) is 1.61. The van der Waals surface area contributed by atoms with Gasteiger partial charge in [0.05, 0.1) is 50.8 Å². The number of fused-ring (bicyclic) bond motifs is 3. The fraction of sp³-hybridized carbons (Fsp3) is 0.476. The number of ether oxygens (including phenoxy) is 4. The number of hydrogen-bond donors (Lipinski definition) is 2. The molecular weight excluding hydrogens is 1730 g/mol. The molecule has 109 heavy (non-hydrogen) atoms. The number of ketones is 1. The van der Waals surface area contributed by atoms with Crippen molar-refractivity contribution >= 4 is 149 Å². The number of hydrogen-bond acceptors (Lipinski definition) is 14. The lowest BCUT2D eigenvalue weighted by Crippen LogP contribution is -2.44. The Labute approximate surface area is 682 Å². The minimum atomic E-state index is -0.729. The molecule has 27 heteroatoms. The Bertz CT molecular complexity index is 4610. The Morgan fingerprint density at radius 1 is 0.541 bits per heavy atom. The van der Waals surface area contributed by atoms with Crippen LogP contribution >= 0.6 is 79.6 Å². The molecule has 6 aromatic carbocycles. The van der Waals surface area contributed by atoms with Crippen molar-refractivity contribution in [3.8, 4) is 5.75 Å². The zero-order chi connectivity index (χ0) is 81.9. The Morgan fingerprint density at radius 2 is 0.963 bits per heavy atom. The van der Waals surface area contributed by atoms with E-state index >= 15 is 0 Å². The van der Waals surface area contributed by atoms with Crippen LogP contribution in [0.3, 0.4) is 0 Å². The second-order valence-electron chi connectivity index (χ2n) is 32.2. The first-order chi connectivity index (χ1) is 50.4. The normalized spacial score (nSPS) is 14.6. The van der Waals surface area contributed by atoms with E-state index in [-0.39, 0.29) is 64.6 Å². The Hall–Kier alpha value is -6.46. The number of H-pyrrole nitrogens is 1. The van der Waals surface area contributed by atoms with Crippen molar-refractivity contribution in [2.24, 2.45) is 11.8 Å². The minimum Gasteiger partial charge on any atom is -0.487 e. The summed E-state index contributed by atoms with van der Waals surface area (Å²) in [6, 6.07) is 31.8. The molecule has 2 aliphatic heterocycles. The van der Waals surface area contributed by atoms with E-state index in [0.717, 1.165) is 47.6 Å². The van der Waals surface area contributed by atoms with Crippen molar-refractivity contribution in [1.29, 1.82) is 0 Å². The summed E-state index contributed by atoms with van der Waals surface area (Å²) in [5, 5.41) is 29.1. The molecule has 1 atom stereocenters. The molecule has 1 amide bonds.